The quantitative estimate of drug-likeness (QED) is 0.244. The van der Waals surface area contributed by atoms with Crippen molar-refractivity contribution < 1.29 is 54.6 Å². The summed E-state index contributed by atoms with van der Waals surface area (Å²) in [5.74, 6) is -10.00. The van der Waals surface area contributed by atoms with E-state index in [1.54, 1.807) is 12.1 Å². The van der Waals surface area contributed by atoms with Crippen LogP contribution < -0.4 is 21.1 Å². The van der Waals surface area contributed by atoms with Gasteiger partial charge in [-0.3, -0.25) is 14.4 Å². The summed E-state index contributed by atoms with van der Waals surface area (Å²) in [6.45, 7) is -0.507. The molecule has 1 aliphatic heterocycles. The summed E-state index contributed by atoms with van der Waals surface area (Å²) >= 11 is 0. The van der Waals surface area contributed by atoms with Gasteiger partial charge in [0, 0.05) is 6.54 Å². The van der Waals surface area contributed by atoms with Gasteiger partial charge in [-0.1, -0.05) is 26.0 Å². The van der Waals surface area contributed by atoms with Crippen LogP contribution in [0.2, 0.25) is 0 Å². The number of aliphatic hydroxyl groups excluding tert-OH is 1. The molecular formula is C24H33F5N4O7S. The highest BCUT2D eigenvalue weighted by Crippen LogP contribution is 2.29. The van der Waals surface area contributed by atoms with Crippen LogP contribution in [0.3, 0.4) is 0 Å². The second-order valence-corrected chi connectivity index (χ2v) is 12.2. The monoisotopic (exact) mass is 616 g/mol. The van der Waals surface area contributed by atoms with Crippen LogP contribution in [0.4, 0.5) is 22.0 Å². The average molecular weight is 617 g/mol. The Labute approximate surface area is 233 Å². The van der Waals surface area contributed by atoms with Gasteiger partial charge in [0.1, 0.15) is 24.4 Å². The Morgan fingerprint density at radius 1 is 1.15 bits per heavy atom. The molecule has 0 bridgehead atoms. The van der Waals surface area contributed by atoms with Crippen molar-refractivity contribution in [2.75, 3.05) is 26.7 Å². The van der Waals surface area contributed by atoms with Gasteiger partial charge < -0.3 is 31.1 Å². The third-order valence-electron chi connectivity index (χ3n) is 6.59. The maximum absolute atomic E-state index is 14.6. The number of ether oxygens (including phenoxy) is 1. The third-order valence-corrected chi connectivity index (χ3v) is 8.68. The van der Waals surface area contributed by atoms with Crippen molar-refractivity contribution in [2.45, 2.75) is 61.6 Å². The maximum atomic E-state index is 14.6. The number of rotatable bonds is 12. The molecular weight excluding hydrogens is 583 g/mol. The highest BCUT2D eigenvalue weighted by Gasteiger charge is 2.53. The molecule has 11 nitrogen and oxygen atoms in total. The van der Waals surface area contributed by atoms with Gasteiger partial charge in [-0.2, -0.15) is 22.0 Å². The number of alkyl halides is 5. The van der Waals surface area contributed by atoms with E-state index in [1.807, 2.05) is 0 Å². The van der Waals surface area contributed by atoms with Crippen molar-refractivity contribution in [1.82, 2.24) is 15.5 Å². The SMILES string of the molecule is COc1ccc(CS(=O)(=O)[C@@H]2C[C@@H](C(=O)NC(C(C)C)[C@@H](O)C(F)(F)C(=O)NCC(F)(F)F)N(C(=O)CN)C2)cc1. The van der Waals surface area contributed by atoms with E-state index in [1.165, 1.54) is 33.1 Å². The van der Waals surface area contributed by atoms with E-state index in [2.05, 4.69) is 5.32 Å². The number of aliphatic hydroxyl groups is 1. The molecule has 1 aromatic carbocycles. The Morgan fingerprint density at radius 2 is 1.73 bits per heavy atom. The molecule has 2 rings (SSSR count). The van der Waals surface area contributed by atoms with Gasteiger partial charge >= 0.3 is 12.1 Å². The molecule has 5 N–H and O–H groups in total. The van der Waals surface area contributed by atoms with Gasteiger partial charge in [0.2, 0.25) is 11.8 Å². The minimum absolute atomic E-state index is 0.407. The Bertz CT molecular complexity index is 1200. The van der Waals surface area contributed by atoms with Gasteiger partial charge in [0.05, 0.1) is 30.7 Å². The van der Waals surface area contributed by atoms with E-state index in [9.17, 15) is 49.9 Å². The van der Waals surface area contributed by atoms with Gasteiger partial charge in [-0.25, -0.2) is 8.42 Å². The molecule has 3 amide bonds. The number of halogens is 5. The molecule has 0 aliphatic carbocycles. The lowest BCUT2D eigenvalue weighted by molar-refractivity contribution is -0.175. The summed E-state index contributed by atoms with van der Waals surface area (Å²) in [5, 5.41) is 12.2. The van der Waals surface area contributed by atoms with Crippen molar-refractivity contribution in [1.29, 1.82) is 0 Å². The summed E-state index contributed by atoms with van der Waals surface area (Å²) in [7, 11) is -2.52. The molecule has 1 saturated heterocycles. The number of carbonyl (C=O) groups excluding carboxylic acids is 3. The van der Waals surface area contributed by atoms with Crippen LogP contribution in [0.15, 0.2) is 24.3 Å². The molecule has 232 valence electrons. The number of likely N-dealkylation sites (tertiary alicyclic amines) is 1. The number of methoxy groups -OCH3 is 1. The molecule has 1 unspecified atom stereocenters. The van der Waals surface area contributed by atoms with Crippen LogP contribution in [-0.2, 0) is 30.0 Å². The lowest BCUT2D eigenvalue weighted by atomic mass is 9.93. The number of hydrogen-bond donors (Lipinski definition) is 4. The highest BCUT2D eigenvalue weighted by atomic mass is 32.2. The number of carbonyl (C=O) groups is 3. The van der Waals surface area contributed by atoms with Gasteiger partial charge in [0.25, 0.3) is 5.91 Å². The second-order valence-electron chi connectivity index (χ2n) is 9.92. The summed E-state index contributed by atoms with van der Waals surface area (Å²) in [4.78, 5) is 38.3. The molecule has 0 radical (unpaired) electrons. The smallest absolute Gasteiger partial charge is 0.405 e. The summed E-state index contributed by atoms with van der Waals surface area (Å²) < 4.78 is 97.7. The Kier molecular flexibility index (Phi) is 11.1. The minimum atomic E-state index is -4.99. The van der Waals surface area contributed by atoms with E-state index in [0.717, 1.165) is 10.2 Å². The topological polar surface area (TPSA) is 168 Å². The number of nitrogens with zero attached hydrogens (tertiary/aromatic N) is 1. The van der Waals surface area contributed by atoms with E-state index in [4.69, 9.17) is 10.5 Å². The van der Waals surface area contributed by atoms with Crippen molar-refractivity contribution in [2.24, 2.45) is 11.7 Å². The third kappa shape index (κ3) is 8.72. The van der Waals surface area contributed by atoms with E-state index in [-0.39, 0.29) is 0 Å². The van der Waals surface area contributed by atoms with Crippen molar-refractivity contribution in [3.05, 3.63) is 29.8 Å². The first kappa shape index (κ1) is 34.2. The summed E-state index contributed by atoms with van der Waals surface area (Å²) in [6.07, 6.45) is -8.37. The van der Waals surface area contributed by atoms with Gasteiger partial charge in [-0.05, 0) is 30.0 Å². The molecule has 1 aromatic rings. The predicted octanol–water partition coefficient (Wildman–Crippen LogP) is 0.354. The van der Waals surface area contributed by atoms with Crippen molar-refractivity contribution >= 4 is 27.6 Å². The van der Waals surface area contributed by atoms with Crippen LogP contribution in [0.25, 0.3) is 0 Å². The Hall–Kier alpha value is -3.05. The number of nitrogens with one attached hydrogen (secondary N) is 2. The van der Waals surface area contributed by atoms with Crippen molar-refractivity contribution in [3.63, 3.8) is 0 Å². The predicted molar refractivity (Wildman–Crippen MR) is 135 cm³/mol. The maximum Gasteiger partial charge on any atom is 0.405 e. The van der Waals surface area contributed by atoms with Crippen LogP contribution in [-0.4, -0.2) is 98.4 Å². The molecule has 1 heterocycles. The number of benzene rings is 1. The van der Waals surface area contributed by atoms with Crippen LogP contribution in [0.1, 0.15) is 25.8 Å². The van der Waals surface area contributed by atoms with Gasteiger partial charge in [0.15, 0.2) is 9.84 Å². The molecule has 1 aliphatic rings. The molecule has 4 atom stereocenters. The number of amides is 3. The van der Waals surface area contributed by atoms with Crippen LogP contribution in [0.5, 0.6) is 5.75 Å². The minimum Gasteiger partial charge on any atom is -0.497 e. The van der Waals surface area contributed by atoms with E-state index in [0.29, 0.717) is 11.3 Å². The summed E-state index contributed by atoms with van der Waals surface area (Å²) in [5.41, 5.74) is 5.83. The fourth-order valence-electron chi connectivity index (χ4n) is 4.30. The molecule has 0 aromatic heterocycles. The molecule has 1 fully saturated rings. The average Bonchev–Trinajstić information content (AvgIpc) is 3.36. The largest absolute Gasteiger partial charge is 0.497 e. The molecule has 0 saturated carbocycles. The zero-order chi connectivity index (χ0) is 31.3. The van der Waals surface area contributed by atoms with Crippen molar-refractivity contribution in [3.8, 4) is 5.75 Å². The number of nitrogens with two attached hydrogens (primary N) is 1. The molecule has 0 spiro atoms. The first-order valence-electron chi connectivity index (χ1n) is 12.4. The normalized spacial score (nSPS) is 19.5. The Balaban J connectivity index is 2.24. The summed E-state index contributed by atoms with van der Waals surface area (Å²) in [6, 6.07) is 2.80. The van der Waals surface area contributed by atoms with Gasteiger partial charge in [-0.15, -0.1) is 0 Å². The fraction of sp³-hybridized carbons (Fsp3) is 0.625. The second kappa shape index (κ2) is 13.3. The number of sulfone groups is 1. The zero-order valence-electron chi connectivity index (χ0n) is 22.5. The zero-order valence-corrected chi connectivity index (χ0v) is 23.3. The Morgan fingerprint density at radius 3 is 2.22 bits per heavy atom. The molecule has 17 heteroatoms. The lowest BCUT2D eigenvalue weighted by Gasteiger charge is -2.33. The highest BCUT2D eigenvalue weighted by molar-refractivity contribution is 7.91. The lowest BCUT2D eigenvalue weighted by Crippen LogP contribution is -2.61. The van der Waals surface area contributed by atoms with E-state index >= 15 is 0 Å². The van der Waals surface area contributed by atoms with E-state index < -0.39 is 101 Å². The fourth-order valence-corrected chi connectivity index (χ4v) is 6.06. The van der Waals surface area contributed by atoms with Crippen LogP contribution >= 0.6 is 0 Å². The first-order valence-corrected chi connectivity index (χ1v) is 14.1. The first-order chi connectivity index (χ1) is 18.8. The number of hydrogen-bond acceptors (Lipinski definition) is 8. The standard InChI is InChI=1S/C24H33F5N4O7S/c1-13(2)19(20(35)24(28,29)22(37)31-12-23(25,26)27)32-21(36)17-8-16(10-33(17)18(34)9-30)41(38,39)11-14-4-6-15(40-3)7-5-14/h4-7,13,16-17,19-20,35H,8-12,30H2,1-3H3,(H,31,37)(H,32,36)/t16-,17+,19?,20-/m1/s1. The van der Waals surface area contributed by atoms with Crippen LogP contribution in [0, 0.1) is 5.92 Å². The molecule has 41 heavy (non-hydrogen) atoms.